The van der Waals surface area contributed by atoms with E-state index in [0.717, 1.165) is 5.69 Å². The van der Waals surface area contributed by atoms with E-state index >= 15 is 0 Å². The lowest BCUT2D eigenvalue weighted by Gasteiger charge is -2.11. The van der Waals surface area contributed by atoms with Crippen LogP contribution in [0.4, 0.5) is 23.4 Å². The topological polar surface area (TPSA) is 105 Å². The number of para-hydroxylation sites is 1. The van der Waals surface area contributed by atoms with Crippen LogP contribution >= 0.6 is 0 Å². The van der Waals surface area contributed by atoms with Crippen LogP contribution in [0, 0.1) is 0 Å². The van der Waals surface area contributed by atoms with Crippen LogP contribution in [0.1, 0.15) is 37.0 Å². The average Bonchev–Trinajstić information content (AvgIpc) is 2.68. The van der Waals surface area contributed by atoms with E-state index < -0.39 is 0 Å². The predicted octanol–water partition coefficient (Wildman–Crippen LogP) is 3.65. The van der Waals surface area contributed by atoms with Crippen LogP contribution in [0.2, 0.25) is 0 Å². The van der Waals surface area contributed by atoms with Gasteiger partial charge in [0.2, 0.25) is 11.9 Å². The van der Waals surface area contributed by atoms with Crippen molar-refractivity contribution in [3.8, 4) is 0 Å². The van der Waals surface area contributed by atoms with Gasteiger partial charge in [-0.3, -0.25) is 4.79 Å². The number of amides is 1. The largest absolute Gasteiger partial charge is 0.352 e. The van der Waals surface area contributed by atoms with Crippen LogP contribution in [-0.2, 0) is 6.42 Å². The number of carbonyl (C=O) groups is 1. The molecule has 0 saturated carbocycles. The summed E-state index contributed by atoms with van der Waals surface area (Å²) in [6.07, 6.45) is 2.24. The fourth-order valence-corrected chi connectivity index (χ4v) is 2.44. The van der Waals surface area contributed by atoms with Crippen molar-refractivity contribution < 1.29 is 4.79 Å². The molecule has 0 aliphatic heterocycles. The molecule has 1 amide bonds. The molecule has 28 heavy (non-hydrogen) atoms. The highest BCUT2D eigenvalue weighted by atomic mass is 16.1. The maximum Gasteiger partial charge on any atom is 0.255 e. The summed E-state index contributed by atoms with van der Waals surface area (Å²) in [4.78, 5) is 29.9. The SMILES string of the molecule is CCc1nc(Nc2cc(C(=O)Nc3ccccc3)ccn2)nc(NC(C)C)n1. The molecule has 144 valence electrons. The Balaban J connectivity index is 1.78. The first kappa shape index (κ1) is 19.2. The highest BCUT2D eigenvalue weighted by Crippen LogP contribution is 2.15. The first-order chi connectivity index (χ1) is 13.5. The summed E-state index contributed by atoms with van der Waals surface area (Å²) in [6, 6.07) is 12.8. The fraction of sp³-hybridized carbons (Fsp3) is 0.250. The highest BCUT2D eigenvalue weighted by molar-refractivity contribution is 6.04. The third-order valence-electron chi connectivity index (χ3n) is 3.71. The van der Waals surface area contributed by atoms with Gasteiger partial charge in [-0.25, -0.2) is 4.98 Å². The van der Waals surface area contributed by atoms with Crippen molar-refractivity contribution in [2.24, 2.45) is 0 Å². The lowest BCUT2D eigenvalue weighted by Crippen LogP contribution is -2.15. The van der Waals surface area contributed by atoms with Gasteiger partial charge >= 0.3 is 0 Å². The van der Waals surface area contributed by atoms with Gasteiger partial charge < -0.3 is 16.0 Å². The van der Waals surface area contributed by atoms with E-state index in [0.29, 0.717) is 35.5 Å². The second kappa shape index (κ2) is 8.90. The van der Waals surface area contributed by atoms with Crippen LogP contribution in [0.15, 0.2) is 48.7 Å². The molecular formula is C20H23N7O. The Morgan fingerprint density at radius 1 is 1.04 bits per heavy atom. The van der Waals surface area contributed by atoms with E-state index in [1.165, 1.54) is 0 Å². The predicted molar refractivity (Wildman–Crippen MR) is 110 cm³/mol. The molecule has 0 bridgehead atoms. The van der Waals surface area contributed by atoms with Crippen molar-refractivity contribution in [1.29, 1.82) is 0 Å². The Morgan fingerprint density at radius 3 is 2.50 bits per heavy atom. The molecule has 0 saturated heterocycles. The Hall–Kier alpha value is -3.55. The molecule has 0 fully saturated rings. The third kappa shape index (κ3) is 5.23. The van der Waals surface area contributed by atoms with Gasteiger partial charge in [-0.15, -0.1) is 0 Å². The van der Waals surface area contributed by atoms with Gasteiger partial charge in [0.15, 0.2) is 0 Å². The quantitative estimate of drug-likeness (QED) is 0.577. The standard InChI is InChI=1S/C20H23N7O/c1-4-16-24-19(22-13(2)3)27-20(25-16)26-17-12-14(10-11-21-17)18(28)23-15-8-6-5-7-9-15/h5-13H,4H2,1-3H3,(H,23,28)(H2,21,22,24,25,26,27). The van der Waals surface area contributed by atoms with Gasteiger partial charge in [0, 0.05) is 29.9 Å². The summed E-state index contributed by atoms with van der Waals surface area (Å²) in [6.45, 7) is 6.00. The number of rotatable bonds is 7. The smallest absolute Gasteiger partial charge is 0.255 e. The summed E-state index contributed by atoms with van der Waals surface area (Å²) in [7, 11) is 0. The first-order valence-electron chi connectivity index (χ1n) is 9.14. The highest BCUT2D eigenvalue weighted by Gasteiger charge is 2.10. The molecule has 2 aromatic heterocycles. The van der Waals surface area contributed by atoms with E-state index in [1.807, 2.05) is 51.1 Å². The van der Waals surface area contributed by atoms with Crippen LogP contribution in [0.25, 0.3) is 0 Å². The van der Waals surface area contributed by atoms with E-state index in [4.69, 9.17) is 0 Å². The van der Waals surface area contributed by atoms with Gasteiger partial charge in [0.05, 0.1) is 0 Å². The first-order valence-corrected chi connectivity index (χ1v) is 9.14. The second-order valence-electron chi connectivity index (χ2n) is 6.43. The van der Waals surface area contributed by atoms with E-state index in [1.54, 1.807) is 18.3 Å². The third-order valence-corrected chi connectivity index (χ3v) is 3.71. The summed E-state index contributed by atoms with van der Waals surface area (Å²) in [5.74, 6) is 1.80. The van der Waals surface area contributed by atoms with Gasteiger partial charge in [0.25, 0.3) is 5.91 Å². The molecule has 3 aromatic rings. The molecule has 0 spiro atoms. The summed E-state index contributed by atoms with van der Waals surface area (Å²) >= 11 is 0. The minimum absolute atomic E-state index is 0.197. The Morgan fingerprint density at radius 2 is 1.79 bits per heavy atom. The summed E-state index contributed by atoms with van der Waals surface area (Å²) in [5.41, 5.74) is 1.21. The normalized spacial score (nSPS) is 10.6. The van der Waals surface area contributed by atoms with E-state index in [-0.39, 0.29) is 11.9 Å². The van der Waals surface area contributed by atoms with Crippen LogP contribution < -0.4 is 16.0 Å². The molecular weight excluding hydrogens is 354 g/mol. The molecule has 0 radical (unpaired) electrons. The molecule has 0 aliphatic carbocycles. The van der Waals surface area contributed by atoms with Gasteiger partial charge in [-0.2, -0.15) is 15.0 Å². The monoisotopic (exact) mass is 377 g/mol. The number of aryl methyl sites for hydroxylation is 1. The zero-order chi connectivity index (χ0) is 19.9. The Kier molecular flexibility index (Phi) is 6.11. The maximum atomic E-state index is 12.5. The number of hydrogen-bond acceptors (Lipinski definition) is 7. The number of carbonyl (C=O) groups excluding carboxylic acids is 1. The lowest BCUT2D eigenvalue weighted by molar-refractivity contribution is 0.102. The van der Waals surface area contributed by atoms with Crippen molar-refractivity contribution in [3.05, 3.63) is 60.0 Å². The fourth-order valence-electron chi connectivity index (χ4n) is 2.44. The van der Waals surface area contributed by atoms with Crippen LogP contribution in [0.5, 0.6) is 0 Å². The molecule has 0 aliphatic rings. The van der Waals surface area contributed by atoms with Gasteiger partial charge in [0.1, 0.15) is 11.6 Å². The zero-order valence-electron chi connectivity index (χ0n) is 16.1. The molecule has 2 heterocycles. The zero-order valence-corrected chi connectivity index (χ0v) is 16.1. The maximum absolute atomic E-state index is 12.5. The Labute approximate surface area is 163 Å². The molecule has 8 heteroatoms. The molecule has 3 N–H and O–H groups in total. The average molecular weight is 377 g/mol. The molecule has 0 atom stereocenters. The van der Waals surface area contributed by atoms with Gasteiger partial charge in [-0.1, -0.05) is 25.1 Å². The lowest BCUT2D eigenvalue weighted by atomic mass is 10.2. The number of aromatic nitrogens is 4. The summed E-state index contributed by atoms with van der Waals surface area (Å²) < 4.78 is 0. The molecule has 1 aromatic carbocycles. The summed E-state index contributed by atoms with van der Waals surface area (Å²) in [5, 5.41) is 9.09. The van der Waals surface area contributed by atoms with Crippen molar-refractivity contribution in [3.63, 3.8) is 0 Å². The number of anilines is 4. The van der Waals surface area contributed by atoms with Crippen molar-refractivity contribution >= 4 is 29.3 Å². The minimum atomic E-state index is -0.219. The number of hydrogen-bond donors (Lipinski definition) is 3. The molecule has 0 unspecified atom stereocenters. The van der Waals surface area contributed by atoms with Crippen LogP contribution in [0.3, 0.4) is 0 Å². The number of nitrogens with zero attached hydrogens (tertiary/aromatic N) is 4. The molecule has 3 rings (SSSR count). The molecule has 8 nitrogen and oxygen atoms in total. The van der Waals surface area contributed by atoms with Gasteiger partial charge in [-0.05, 0) is 38.1 Å². The van der Waals surface area contributed by atoms with E-state index in [2.05, 4.69) is 35.9 Å². The van der Waals surface area contributed by atoms with Crippen molar-refractivity contribution in [2.45, 2.75) is 33.2 Å². The Bertz CT molecular complexity index is 944. The number of nitrogens with one attached hydrogen (secondary N) is 3. The number of benzene rings is 1. The van der Waals surface area contributed by atoms with E-state index in [9.17, 15) is 4.79 Å². The number of pyridine rings is 1. The second-order valence-corrected chi connectivity index (χ2v) is 6.43. The van der Waals surface area contributed by atoms with Crippen molar-refractivity contribution in [1.82, 2.24) is 19.9 Å². The minimum Gasteiger partial charge on any atom is -0.352 e. The van der Waals surface area contributed by atoms with Crippen LogP contribution in [-0.4, -0.2) is 31.9 Å². The van der Waals surface area contributed by atoms with Crippen molar-refractivity contribution in [2.75, 3.05) is 16.0 Å².